The molecule has 0 fully saturated rings. The second-order valence-corrected chi connectivity index (χ2v) is 5.00. The van der Waals surface area contributed by atoms with Crippen molar-refractivity contribution in [3.05, 3.63) is 23.8 Å². The molecule has 0 saturated heterocycles. The van der Waals surface area contributed by atoms with Crippen LogP contribution < -0.4 is 25.4 Å². The fourth-order valence-corrected chi connectivity index (χ4v) is 1.91. The Morgan fingerprint density at radius 3 is 2.54 bits per heavy atom. The van der Waals surface area contributed by atoms with Crippen LogP contribution >= 0.6 is 12.4 Å². The van der Waals surface area contributed by atoms with Crippen LogP contribution in [0.2, 0.25) is 0 Å². The minimum Gasteiger partial charge on any atom is -0.493 e. The average Bonchev–Trinajstić information content (AvgIpc) is 2.57. The van der Waals surface area contributed by atoms with E-state index < -0.39 is 0 Å². The topological polar surface area (TPSA) is 88.7 Å². The van der Waals surface area contributed by atoms with Gasteiger partial charge in [0.05, 0.1) is 7.11 Å². The quantitative estimate of drug-likeness (QED) is 0.611. The maximum Gasteiger partial charge on any atom is 0.257 e. The van der Waals surface area contributed by atoms with E-state index in [0.29, 0.717) is 23.6 Å². The van der Waals surface area contributed by atoms with Crippen molar-refractivity contribution >= 4 is 24.2 Å². The van der Waals surface area contributed by atoms with Crippen molar-refractivity contribution in [2.45, 2.75) is 19.9 Å². The van der Waals surface area contributed by atoms with Gasteiger partial charge in [0.15, 0.2) is 18.1 Å². The minimum atomic E-state index is -0.244. The summed E-state index contributed by atoms with van der Waals surface area (Å²) in [6, 6.07) is 5.03. The maximum absolute atomic E-state index is 12.1. The molecule has 7 nitrogen and oxygen atoms in total. The van der Waals surface area contributed by atoms with Gasteiger partial charge in [-0.2, -0.15) is 0 Å². The Morgan fingerprint density at radius 2 is 1.96 bits per heavy atom. The van der Waals surface area contributed by atoms with E-state index >= 15 is 0 Å². The molecule has 0 unspecified atom stereocenters. The molecule has 1 rings (SSSR count). The lowest BCUT2D eigenvalue weighted by molar-refractivity contribution is -0.122. The third-order valence-corrected chi connectivity index (χ3v) is 3.18. The zero-order valence-corrected chi connectivity index (χ0v) is 15.3. The van der Waals surface area contributed by atoms with Crippen LogP contribution in [-0.2, 0) is 4.79 Å². The molecule has 2 amide bonds. The van der Waals surface area contributed by atoms with Gasteiger partial charge in [-0.05, 0) is 31.7 Å². The number of hydrogen-bond donors (Lipinski definition) is 3. The third kappa shape index (κ3) is 7.06. The summed E-state index contributed by atoms with van der Waals surface area (Å²) < 4.78 is 10.6. The molecule has 1 aromatic carbocycles. The summed E-state index contributed by atoms with van der Waals surface area (Å²) in [7, 11) is 3.02. The lowest BCUT2D eigenvalue weighted by Crippen LogP contribution is -2.38. The molecular weight excluding hydrogens is 334 g/mol. The fraction of sp³-hybridized carbons (Fsp3) is 0.500. The van der Waals surface area contributed by atoms with Gasteiger partial charge in [-0.15, -0.1) is 12.4 Å². The zero-order chi connectivity index (χ0) is 17.2. The molecule has 136 valence electrons. The molecule has 24 heavy (non-hydrogen) atoms. The highest BCUT2D eigenvalue weighted by Crippen LogP contribution is 2.28. The van der Waals surface area contributed by atoms with Gasteiger partial charge in [0.1, 0.15) is 0 Å². The van der Waals surface area contributed by atoms with Gasteiger partial charge < -0.3 is 25.4 Å². The molecule has 0 aliphatic rings. The first-order valence-corrected chi connectivity index (χ1v) is 7.54. The number of amides is 2. The predicted molar refractivity (Wildman–Crippen MR) is 95.3 cm³/mol. The normalized spacial score (nSPS) is 11.0. The number of nitrogens with one attached hydrogen (secondary N) is 3. The average molecular weight is 360 g/mol. The Labute approximate surface area is 148 Å². The van der Waals surface area contributed by atoms with Gasteiger partial charge in [-0.3, -0.25) is 9.59 Å². The molecule has 0 bridgehead atoms. The lowest BCUT2D eigenvalue weighted by atomic mass is 10.2. The second-order valence-electron chi connectivity index (χ2n) is 5.00. The summed E-state index contributed by atoms with van der Waals surface area (Å²) >= 11 is 0. The molecule has 0 aliphatic carbocycles. The molecule has 0 saturated carbocycles. The SMILES string of the molecule is CCN[C@H](C)CNC(=O)c1ccc(OCC(=O)NC)c(OC)c1.Cl. The van der Waals surface area contributed by atoms with Crippen molar-refractivity contribution in [3.8, 4) is 11.5 Å². The molecule has 3 N–H and O–H groups in total. The summed E-state index contributed by atoms with van der Waals surface area (Å²) in [6.45, 7) is 5.28. The highest BCUT2D eigenvalue weighted by molar-refractivity contribution is 5.94. The number of hydrogen-bond acceptors (Lipinski definition) is 5. The number of benzene rings is 1. The molecule has 8 heteroatoms. The van der Waals surface area contributed by atoms with Crippen molar-refractivity contribution in [2.75, 3.05) is 33.9 Å². The van der Waals surface area contributed by atoms with Crippen LogP contribution in [0.5, 0.6) is 11.5 Å². The predicted octanol–water partition coefficient (Wildman–Crippen LogP) is 0.970. The van der Waals surface area contributed by atoms with Crippen molar-refractivity contribution in [2.24, 2.45) is 0 Å². The van der Waals surface area contributed by atoms with Crippen LogP contribution in [0.4, 0.5) is 0 Å². The van der Waals surface area contributed by atoms with Crippen LogP contribution in [0.3, 0.4) is 0 Å². The Morgan fingerprint density at radius 1 is 1.25 bits per heavy atom. The van der Waals surface area contributed by atoms with Crippen LogP contribution in [0.1, 0.15) is 24.2 Å². The standard InChI is InChI=1S/C16H25N3O4.ClH/c1-5-18-11(2)9-19-16(21)12-6-7-13(14(8-12)22-4)23-10-15(20)17-3;/h6-8,11,18H,5,9-10H2,1-4H3,(H,17,20)(H,19,21);1H/t11-;/m1./s1. The van der Waals surface area contributed by atoms with Gasteiger partial charge in [-0.1, -0.05) is 6.92 Å². The van der Waals surface area contributed by atoms with E-state index in [1.54, 1.807) is 18.2 Å². The lowest BCUT2D eigenvalue weighted by Gasteiger charge is -2.14. The van der Waals surface area contributed by atoms with Crippen LogP contribution in [-0.4, -0.2) is 51.7 Å². The second kappa shape index (κ2) is 11.5. The number of likely N-dealkylation sites (N-methyl/N-ethyl adjacent to an activating group) is 2. The third-order valence-electron chi connectivity index (χ3n) is 3.18. The zero-order valence-electron chi connectivity index (χ0n) is 14.5. The van der Waals surface area contributed by atoms with Crippen molar-refractivity contribution in [3.63, 3.8) is 0 Å². The number of halogens is 1. The highest BCUT2D eigenvalue weighted by Gasteiger charge is 2.12. The van der Waals surface area contributed by atoms with Gasteiger partial charge in [0, 0.05) is 25.2 Å². The van der Waals surface area contributed by atoms with Gasteiger partial charge in [0.2, 0.25) is 0 Å². The number of methoxy groups -OCH3 is 1. The van der Waals surface area contributed by atoms with Crippen LogP contribution in [0, 0.1) is 0 Å². The number of rotatable bonds is 9. The summed E-state index contributed by atoms with van der Waals surface area (Å²) in [5.74, 6) is 0.382. The Kier molecular flexibility index (Phi) is 10.6. The van der Waals surface area contributed by atoms with Crippen LogP contribution in [0.25, 0.3) is 0 Å². The molecule has 1 atom stereocenters. The Bertz CT molecular complexity index is 540. The van der Waals surface area contributed by atoms with E-state index in [-0.39, 0.29) is 36.9 Å². The monoisotopic (exact) mass is 359 g/mol. The van der Waals surface area contributed by atoms with E-state index in [2.05, 4.69) is 16.0 Å². The van der Waals surface area contributed by atoms with Gasteiger partial charge in [0.25, 0.3) is 11.8 Å². The molecule has 0 aliphatic heterocycles. The Balaban J connectivity index is 0.00000529. The summed E-state index contributed by atoms with van der Waals surface area (Å²) in [6.07, 6.45) is 0. The molecule has 0 aromatic heterocycles. The number of carbonyl (C=O) groups is 2. The van der Waals surface area contributed by atoms with Crippen molar-refractivity contribution in [1.82, 2.24) is 16.0 Å². The van der Waals surface area contributed by atoms with Gasteiger partial charge in [-0.25, -0.2) is 0 Å². The number of carbonyl (C=O) groups excluding carboxylic acids is 2. The molecule has 0 spiro atoms. The fourth-order valence-electron chi connectivity index (χ4n) is 1.91. The first-order valence-electron chi connectivity index (χ1n) is 7.54. The highest BCUT2D eigenvalue weighted by atomic mass is 35.5. The largest absolute Gasteiger partial charge is 0.493 e. The van der Waals surface area contributed by atoms with Gasteiger partial charge >= 0.3 is 0 Å². The number of ether oxygens (including phenoxy) is 2. The smallest absolute Gasteiger partial charge is 0.257 e. The maximum atomic E-state index is 12.1. The van der Waals surface area contributed by atoms with E-state index in [0.717, 1.165) is 6.54 Å². The molecule has 1 aromatic rings. The first-order chi connectivity index (χ1) is 11.0. The van der Waals surface area contributed by atoms with Crippen molar-refractivity contribution < 1.29 is 19.1 Å². The first kappa shape index (κ1) is 22.0. The van der Waals surface area contributed by atoms with E-state index in [4.69, 9.17) is 9.47 Å². The summed E-state index contributed by atoms with van der Waals surface area (Å²) in [5.41, 5.74) is 0.470. The summed E-state index contributed by atoms with van der Waals surface area (Å²) in [5, 5.41) is 8.54. The molecule has 0 heterocycles. The van der Waals surface area contributed by atoms with Crippen LogP contribution in [0.15, 0.2) is 18.2 Å². The molecule has 0 radical (unpaired) electrons. The van der Waals surface area contributed by atoms with E-state index in [1.165, 1.54) is 14.2 Å². The van der Waals surface area contributed by atoms with E-state index in [9.17, 15) is 9.59 Å². The van der Waals surface area contributed by atoms with E-state index in [1.807, 2.05) is 13.8 Å². The Hall–Kier alpha value is -1.99. The summed E-state index contributed by atoms with van der Waals surface area (Å²) in [4.78, 5) is 23.4. The van der Waals surface area contributed by atoms with Crippen molar-refractivity contribution in [1.29, 1.82) is 0 Å². The molecular formula is C16H26ClN3O4. The minimum absolute atomic E-state index is 0.